The van der Waals surface area contributed by atoms with E-state index in [2.05, 4.69) is 10.2 Å². The van der Waals surface area contributed by atoms with E-state index < -0.39 is 0 Å². The van der Waals surface area contributed by atoms with Crippen LogP contribution < -0.4 is 0 Å². The summed E-state index contributed by atoms with van der Waals surface area (Å²) in [6.45, 7) is 3.31. The van der Waals surface area contributed by atoms with Crippen LogP contribution in [0.15, 0.2) is 54.6 Å². The lowest BCUT2D eigenvalue weighted by Crippen LogP contribution is -2.42. The second-order valence-corrected chi connectivity index (χ2v) is 6.86. The molecule has 1 unspecified atom stereocenters. The third-order valence-corrected chi connectivity index (χ3v) is 4.78. The molecule has 0 aliphatic carbocycles. The first-order valence-electron chi connectivity index (χ1n) is 8.77. The summed E-state index contributed by atoms with van der Waals surface area (Å²) in [5.74, 6) is -0.134. The van der Waals surface area contributed by atoms with E-state index in [1.807, 2.05) is 42.5 Å². The average molecular weight is 383 g/mol. The number of rotatable bonds is 3. The van der Waals surface area contributed by atoms with Crippen molar-refractivity contribution in [2.45, 2.75) is 13.0 Å². The normalized spacial score (nSPS) is 17.1. The van der Waals surface area contributed by atoms with Gasteiger partial charge in [0.1, 0.15) is 6.10 Å². The van der Waals surface area contributed by atoms with Gasteiger partial charge in [-0.25, -0.2) is 0 Å². The maximum Gasteiger partial charge on any atom is 0.276 e. The smallest absolute Gasteiger partial charge is 0.276 e. The number of hydrogen-bond acceptors (Lipinski definition) is 4. The first-order chi connectivity index (χ1) is 13.1. The number of aromatic nitrogens is 3. The van der Waals surface area contributed by atoms with E-state index in [9.17, 15) is 4.79 Å². The number of benzene rings is 2. The molecule has 0 spiro atoms. The van der Waals surface area contributed by atoms with Gasteiger partial charge in [0.25, 0.3) is 5.91 Å². The second-order valence-electron chi connectivity index (χ2n) is 6.42. The number of morpholine rings is 1. The molecule has 1 aromatic heterocycles. The summed E-state index contributed by atoms with van der Waals surface area (Å²) in [4.78, 5) is 16.3. The topological polar surface area (TPSA) is 60.2 Å². The number of carbonyl (C=O) groups excluding carboxylic acids is 1. The molecule has 27 heavy (non-hydrogen) atoms. The average Bonchev–Trinajstić information content (AvgIpc) is 3.10. The van der Waals surface area contributed by atoms with Gasteiger partial charge >= 0.3 is 0 Å². The van der Waals surface area contributed by atoms with E-state index in [0.29, 0.717) is 41.8 Å². The fourth-order valence-corrected chi connectivity index (χ4v) is 3.33. The summed E-state index contributed by atoms with van der Waals surface area (Å²) in [5.41, 5.74) is 2.72. The minimum absolute atomic E-state index is 0.132. The van der Waals surface area contributed by atoms with Crippen LogP contribution in [-0.4, -0.2) is 45.5 Å². The molecule has 0 saturated carbocycles. The highest BCUT2D eigenvalue weighted by molar-refractivity contribution is 6.30. The van der Waals surface area contributed by atoms with E-state index in [4.69, 9.17) is 16.3 Å². The minimum Gasteiger partial charge on any atom is -0.370 e. The molecular formula is C20H19ClN4O2. The van der Waals surface area contributed by atoms with Crippen LogP contribution in [0.5, 0.6) is 0 Å². The molecule has 6 nitrogen and oxygen atoms in total. The van der Waals surface area contributed by atoms with E-state index in [-0.39, 0.29) is 12.0 Å². The molecule has 1 aliphatic rings. The predicted molar refractivity (Wildman–Crippen MR) is 102 cm³/mol. The molecule has 2 aromatic carbocycles. The molecule has 7 heteroatoms. The van der Waals surface area contributed by atoms with E-state index >= 15 is 0 Å². The number of aryl methyl sites for hydroxylation is 1. The van der Waals surface area contributed by atoms with Crippen LogP contribution in [0.1, 0.15) is 27.8 Å². The molecule has 0 bridgehead atoms. The Morgan fingerprint density at radius 2 is 1.96 bits per heavy atom. The Kier molecular flexibility index (Phi) is 4.92. The van der Waals surface area contributed by atoms with Crippen LogP contribution >= 0.6 is 11.6 Å². The Morgan fingerprint density at radius 1 is 1.15 bits per heavy atom. The van der Waals surface area contributed by atoms with E-state index in [0.717, 1.165) is 5.56 Å². The number of nitrogens with zero attached hydrogens (tertiary/aromatic N) is 4. The number of hydrogen-bond donors (Lipinski definition) is 0. The van der Waals surface area contributed by atoms with Crippen molar-refractivity contribution >= 4 is 17.5 Å². The molecule has 3 aromatic rings. The molecule has 4 rings (SSSR count). The van der Waals surface area contributed by atoms with Gasteiger partial charge in [0, 0.05) is 11.6 Å². The van der Waals surface area contributed by atoms with Crippen molar-refractivity contribution in [3.05, 3.63) is 76.6 Å². The van der Waals surface area contributed by atoms with Crippen LogP contribution in [0, 0.1) is 6.92 Å². The van der Waals surface area contributed by atoms with Gasteiger partial charge in [0.15, 0.2) is 5.69 Å². The zero-order valence-electron chi connectivity index (χ0n) is 14.9. The van der Waals surface area contributed by atoms with Gasteiger partial charge in [-0.05, 0) is 30.7 Å². The van der Waals surface area contributed by atoms with Crippen LogP contribution in [0.3, 0.4) is 0 Å². The highest BCUT2D eigenvalue weighted by atomic mass is 35.5. The summed E-state index contributed by atoms with van der Waals surface area (Å²) < 4.78 is 5.85. The van der Waals surface area contributed by atoms with Crippen molar-refractivity contribution in [3.8, 4) is 5.69 Å². The van der Waals surface area contributed by atoms with Crippen LogP contribution in [0.4, 0.5) is 0 Å². The summed E-state index contributed by atoms with van der Waals surface area (Å²) in [6, 6.07) is 17.1. The van der Waals surface area contributed by atoms with Gasteiger partial charge in [-0.2, -0.15) is 9.90 Å². The zero-order valence-corrected chi connectivity index (χ0v) is 15.6. The fourth-order valence-electron chi connectivity index (χ4n) is 3.15. The summed E-state index contributed by atoms with van der Waals surface area (Å²) in [5, 5.41) is 9.38. The standard InChI is InChI=1S/C20H19ClN4O2/c1-14-19(23-25(22-14)17-9-5-8-16(21)12-17)20(26)24-10-11-27-18(13-24)15-6-3-2-4-7-15/h2-9,12,18H,10-11,13H2,1H3. The molecule has 0 radical (unpaired) electrons. The SMILES string of the molecule is Cc1nn(-c2cccc(Cl)c2)nc1C(=O)N1CCOC(c2ccccc2)C1. The number of ether oxygens (including phenoxy) is 1. The maximum absolute atomic E-state index is 13.0. The van der Waals surface area contributed by atoms with Gasteiger partial charge < -0.3 is 9.64 Å². The largest absolute Gasteiger partial charge is 0.370 e. The summed E-state index contributed by atoms with van der Waals surface area (Å²) in [6.07, 6.45) is -0.132. The number of carbonyl (C=O) groups is 1. The Labute approximate surface area is 162 Å². The van der Waals surface area contributed by atoms with Crippen molar-refractivity contribution in [2.24, 2.45) is 0 Å². The molecule has 1 fully saturated rings. The third kappa shape index (κ3) is 3.72. The first-order valence-corrected chi connectivity index (χ1v) is 9.15. The molecule has 1 aliphatic heterocycles. The van der Waals surface area contributed by atoms with Crippen molar-refractivity contribution in [1.29, 1.82) is 0 Å². The lowest BCUT2D eigenvalue weighted by atomic mass is 10.1. The fraction of sp³-hybridized carbons (Fsp3) is 0.250. The van der Waals surface area contributed by atoms with Gasteiger partial charge in [0.05, 0.1) is 24.5 Å². The second kappa shape index (κ2) is 7.50. The van der Waals surface area contributed by atoms with Gasteiger partial charge in [-0.3, -0.25) is 4.79 Å². The monoisotopic (exact) mass is 382 g/mol. The van der Waals surface area contributed by atoms with Gasteiger partial charge in [-0.1, -0.05) is 48.0 Å². The van der Waals surface area contributed by atoms with Crippen molar-refractivity contribution < 1.29 is 9.53 Å². The molecule has 0 N–H and O–H groups in total. The number of amides is 1. The zero-order chi connectivity index (χ0) is 18.8. The Bertz CT molecular complexity index is 958. The molecule has 1 atom stereocenters. The van der Waals surface area contributed by atoms with Crippen LogP contribution in [0.2, 0.25) is 5.02 Å². The number of halogens is 1. The van der Waals surface area contributed by atoms with Crippen molar-refractivity contribution in [2.75, 3.05) is 19.7 Å². The lowest BCUT2D eigenvalue weighted by Gasteiger charge is -2.32. The lowest BCUT2D eigenvalue weighted by molar-refractivity contribution is -0.0230. The Balaban J connectivity index is 1.56. The summed E-state index contributed by atoms with van der Waals surface area (Å²) in [7, 11) is 0. The minimum atomic E-state index is -0.134. The third-order valence-electron chi connectivity index (χ3n) is 4.55. The highest BCUT2D eigenvalue weighted by Gasteiger charge is 2.29. The maximum atomic E-state index is 13.0. The molecule has 1 saturated heterocycles. The van der Waals surface area contributed by atoms with E-state index in [1.54, 1.807) is 24.0 Å². The van der Waals surface area contributed by atoms with Crippen molar-refractivity contribution in [1.82, 2.24) is 19.9 Å². The highest BCUT2D eigenvalue weighted by Crippen LogP contribution is 2.23. The molecule has 138 valence electrons. The van der Waals surface area contributed by atoms with Crippen molar-refractivity contribution in [3.63, 3.8) is 0 Å². The van der Waals surface area contributed by atoms with Gasteiger partial charge in [-0.15, -0.1) is 5.10 Å². The molecule has 1 amide bonds. The molecular weight excluding hydrogens is 364 g/mol. The molecule has 2 heterocycles. The van der Waals surface area contributed by atoms with E-state index in [1.165, 1.54) is 4.80 Å². The van der Waals surface area contributed by atoms with Gasteiger partial charge in [0.2, 0.25) is 0 Å². The Morgan fingerprint density at radius 3 is 2.74 bits per heavy atom. The van der Waals surface area contributed by atoms with Crippen LogP contribution in [-0.2, 0) is 4.74 Å². The summed E-state index contributed by atoms with van der Waals surface area (Å²) >= 11 is 6.04. The Hall–Kier alpha value is -2.70. The quantitative estimate of drug-likeness (QED) is 0.696. The predicted octanol–water partition coefficient (Wildman–Crippen LogP) is 3.44. The van der Waals surface area contributed by atoms with Crippen LogP contribution in [0.25, 0.3) is 5.69 Å². The first kappa shape index (κ1) is 17.7.